The van der Waals surface area contributed by atoms with Crippen molar-refractivity contribution in [2.75, 3.05) is 26.6 Å². The Morgan fingerprint density at radius 2 is 1.55 bits per heavy atom. The van der Waals surface area contributed by atoms with Crippen LogP contribution >= 0.6 is 0 Å². The second kappa shape index (κ2) is 11.3. The van der Waals surface area contributed by atoms with Gasteiger partial charge in [-0.2, -0.15) is 5.26 Å². The van der Waals surface area contributed by atoms with Crippen molar-refractivity contribution in [2.24, 2.45) is 0 Å². The Labute approximate surface area is 192 Å². The topological polar surface area (TPSA) is 89.8 Å². The maximum Gasteiger partial charge on any atom is 0.266 e. The summed E-state index contributed by atoms with van der Waals surface area (Å²) in [6, 6.07) is 21.9. The summed E-state index contributed by atoms with van der Waals surface area (Å²) < 4.78 is 21.7. The fourth-order valence-electron chi connectivity index (χ4n) is 3.06. The van der Waals surface area contributed by atoms with Crippen LogP contribution < -0.4 is 24.3 Å². The predicted octanol–water partition coefficient (Wildman–Crippen LogP) is 4.84. The van der Waals surface area contributed by atoms with Gasteiger partial charge in [0.2, 0.25) is 0 Å². The SMILES string of the molecule is COc1ccc(NC(=O)/C(C#N)=C/c2ccc(OCc3ccccc3)c(OC)c2)cc1OC. The van der Waals surface area contributed by atoms with Gasteiger partial charge in [0.1, 0.15) is 18.2 Å². The number of hydrogen-bond acceptors (Lipinski definition) is 6. The third-order valence-electron chi connectivity index (χ3n) is 4.74. The molecule has 0 heterocycles. The zero-order valence-electron chi connectivity index (χ0n) is 18.6. The van der Waals surface area contributed by atoms with Gasteiger partial charge >= 0.3 is 0 Å². The highest BCUT2D eigenvalue weighted by Gasteiger charge is 2.13. The molecule has 0 unspecified atom stereocenters. The summed E-state index contributed by atoms with van der Waals surface area (Å²) in [7, 11) is 4.57. The number of nitrogens with zero attached hydrogens (tertiary/aromatic N) is 1. The van der Waals surface area contributed by atoms with E-state index in [0.29, 0.717) is 40.9 Å². The van der Waals surface area contributed by atoms with Crippen molar-refractivity contribution in [3.8, 4) is 29.1 Å². The van der Waals surface area contributed by atoms with Gasteiger partial charge in [0, 0.05) is 11.8 Å². The van der Waals surface area contributed by atoms with Crippen molar-refractivity contribution in [2.45, 2.75) is 6.61 Å². The molecule has 3 rings (SSSR count). The van der Waals surface area contributed by atoms with Crippen molar-refractivity contribution in [3.63, 3.8) is 0 Å². The number of rotatable bonds is 9. The summed E-state index contributed by atoms with van der Waals surface area (Å²) in [5, 5.41) is 12.2. The van der Waals surface area contributed by atoms with Crippen molar-refractivity contribution in [3.05, 3.63) is 83.4 Å². The van der Waals surface area contributed by atoms with E-state index < -0.39 is 5.91 Å². The molecule has 0 bridgehead atoms. The number of amides is 1. The van der Waals surface area contributed by atoms with Crippen molar-refractivity contribution in [1.29, 1.82) is 5.26 Å². The van der Waals surface area contributed by atoms with E-state index in [9.17, 15) is 10.1 Å². The minimum atomic E-state index is -0.548. The lowest BCUT2D eigenvalue weighted by Crippen LogP contribution is -2.13. The summed E-state index contributed by atoms with van der Waals surface area (Å²) in [6.45, 7) is 0.392. The van der Waals surface area contributed by atoms with Crippen molar-refractivity contribution >= 4 is 17.7 Å². The lowest BCUT2D eigenvalue weighted by atomic mass is 10.1. The summed E-state index contributed by atoms with van der Waals surface area (Å²) in [6.07, 6.45) is 1.49. The third kappa shape index (κ3) is 6.05. The van der Waals surface area contributed by atoms with Gasteiger partial charge in [-0.25, -0.2) is 0 Å². The molecule has 7 heteroatoms. The Bertz CT molecular complexity index is 1180. The molecule has 0 aromatic heterocycles. The van der Waals surface area contributed by atoms with Crippen molar-refractivity contribution in [1.82, 2.24) is 0 Å². The highest BCUT2D eigenvalue weighted by atomic mass is 16.5. The zero-order valence-corrected chi connectivity index (χ0v) is 18.6. The molecule has 1 amide bonds. The van der Waals surface area contributed by atoms with E-state index in [2.05, 4.69) is 5.32 Å². The molecule has 0 aliphatic carbocycles. The quantitative estimate of drug-likeness (QED) is 0.375. The van der Waals surface area contributed by atoms with Crippen molar-refractivity contribution < 1.29 is 23.7 Å². The van der Waals surface area contributed by atoms with E-state index in [-0.39, 0.29) is 5.57 Å². The number of hydrogen-bond donors (Lipinski definition) is 1. The Hall–Kier alpha value is -4.44. The molecule has 168 valence electrons. The number of benzene rings is 3. The second-order valence-corrected chi connectivity index (χ2v) is 6.88. The zero-order chi connectivity index (χ0) is 23.6. The monoisotopic (exact) mass is 444 g/mol. The molecular formula is C26H24N2O5. The molecule has 0 atom stereocenters. The van der Waals surface area contributed by atoms with E-state index in [1.54, 1.807) is 36.4 Å². The first-order valence-electron chi connectivity index (χ1n) is 10.1. The molecule has 0 saturated carbocycles. The van der Waals surface area contributed by atoms with Crippen LogP contribution in [-0.4, -0.2) is 27.2 Å². The van der Waals surface area contributed by atoms with Crippen LogP contribution in [0.2, 0.25) is 0 Å². The Morgan fingerprint density at radius 3 is 2.21 bits per heavy atom. The van der Waals surface area contributed by atoms with Crippen LogP contribution in [0.3, 0.4) is 0 Å². The highest BCUT2D eigenvalue weighted by Crippen LogP contribution is 2.31. The molecule has 0 spiro atoms. The van der Waals surface area contributed by atoms with Crippen LogP contribution in [-0.2, 0) is 11.4 Å². The molecule has 3 aromatic rings. The average molecular weight is 444 g/mol. The number of nitriles is 1. The fraction of sp³-hybridized carbons (Fsp3) is 0.154. The van der Waals surface area contributed by atoms with Gasteiger partial charge in [-0.15, -0.1) is 0 Å². The van der Waals surface area contributed by atoms with Crippen LogP contribution in [0.15, 0.2) is 72.3 Å². The number of methoxy groups -OCH3 is 3. The average Bonchev–Trinajstić information content (AvgIpc) is 2.86. The first-order chi connectivity index (χ1) is 16.1. The van der Waals surface area contributed by atoms with Crippen LogP contribution in [0, 0.1) is 11.3 Å². The Morgan fingerprint density at radius 1 is 0.879 bits per heavy atom. The van der Waals surface area contributed by atoms with E-state index in [0.717, 1.165) is 5.56 Å². The highest BCUT2D eigenvalue weighted by molar-refractivity contribution is 6.09. The predicted molar refractivity (Wildman–Crippen MR) is 126 cm³/mol. The maximum atomic E-state index is 12.7. The van der Waals surface area contributed by atoms with Gasteiger partial charge in [0.05, 0.1) is 21.3 Å². The molecule has 0 saturated heterocycles. The van der Waals surface area contributed by atoms with Crippen LogP contribution in [0.5, 0.6) is 23.0 Å². The van der Waals surface area contributed by atoms with Gasteiger partial charge in [-0.1, -0.05) is 36.4 Å². The first kappa shape index (κ1) is 23.2. The van der Waals surface area contributed by atoms with Crippen LogP contribution in [0.4, 0.5) is 5.69 Å². The molecule has 1 N–H and O–H groups in total. The minimum Gasteiger partial charge on any atom is -0.493 e. The molecular weight excluding hydrogens is 420 g/mol. The van der Waals surface area contributed by atoms with Gasteiger partial charge in [-0.05, 0) is 41.5 Å². The van der Waals surface area contributed by atoms with E-state index in [1.165, 1.54) is 27.4 Å². The van der Waals surface area contributed by atoms with Gasteiger partial charge in [0.15, 0.2) is 23.0 Å². The summed E-state index contributed by atoms with van der Waals surface area (Å²) in [5.41, 5.74) is 2.06. The largest absolute Gasteiger partial charge is 0.493 e. The van der Waals surface area contributed by atoms with E-state index in [4.69, 9.17) is 18.9 Å². The summed E-state index contributed by atoms with van der Waals surface area (Å²) in [4.78, 5) is 12.7. The van der Waals surface area contributed by atoms with E-state index in [1.807, 2.05) is 36.4 Å². The molecule has 7 nitrogen and oxygen atoms in total. The third-order valence-corrected chi connectivity index (χ3v) is 4.74. The summed E-state index contributed by atoms with van der Waals surface area (Å²) in [5.74, 6) is 1.51. The first-order valence-corrected chi connectivity index (χ1v) is 10.1. The molecule has 0 aliphatic rings. The molecule has 0 aliphatic heterocycles. The Kier molecular flexibility index (Phi) is 7.92. The standard InChI is InChI=1S/C26H24N2O5/c1-30-22-12-10-21(15-25(22)32-3)28-26(29)20(16-27)13-19-9-11-23(24(14-19)31-2)33-17-18-7-5-4-6-8-18/h4-15H,17H2,1-3H3,(H,28,29)/b20-13+. The maximum absolute atomic E-state index is 12.7. The Balaban J connectivity index is 1.75. The fourth-order valence-corrected chi connectivity index (χ4v) is 3.06. The number of nitrogens with one attached hydrogen (secondary N) is 1. The lowest BCUT2D eigenvalue weighted by molar-refractivity contribution is -0.112. The normalized spacial score (nSPS) is 10.7. The van der Waals surface area contributed by atoms with Crippen LogP contribution in [0.25, 0.3) is 6.08 Å². The molecule has 33 heavy (non-hydrogen) atoms. The van der Waals surface area contributed by atoms with Gasteiger partial charge < -0.3 is 24.3 Å². The van der Waals surface area contributed by atoms with Gasteiger partial charge in [0.25, 0.3) is 5.91 Å². The number of ether oxygens (including phenoxy) is 4. The lowest BCUT2D eigenvalue weighted by Gasteiger charge is -2.12. The number of anilines is 1. The smallest absolute Gasteiger partial charge is 0.266 e. The second-order valence-electron chi connectivity index (χ2n) is 6.88. The number of carbonyl (C=O) groups is 1. The van der Waals surface area contributed by atoms with Crippen LogP contribution in [0.1, 0.15) is 11.1 Å². The molecule has 3 aromatic carbocycles. The summed E-state index contributed by atoms with van der Waals surface area (Å²) >= 11 is 0. The van der Waals surface area contributed by atoms with E-state index >= 15 is 0 Å². The van der Waals surface area contributed by atoms with Gasteiger partial charge in [-0.3, -0.25) is 4.79 Å². The minimum absolute atomic E-state index is 0.0650. The molecule has 0 radical (unpaired) electrons. The number of carbonyl (C=O) groups excluding carboxylic acids is 1. The molecule has 0 fully saturated rings.